The molecule has 0 bridgehead atoms. The summed E-state index contributed by atoms with van der Waals surface area (Å²) in [5.74, 6) is -5.88. The lowest BCUT2D eigenvalue weighted by molar-refractivity contribution is -0.145. The molecule has 11 N–H and O–H groups in total. The van der Waals surface area contributed by atoms with Gasteiger partial charge in [0.2, 0.25) is 29.5 Å². The zero-order chi connectivity index (χ0) is 23.6. The van der Waals surface area contributed by atoms with Gasteiger partial charge in [0.1, 0.15) is 12.1 Å². The average Bonchev–Trinajstić information content (AvgIpc) is 2.61. The van der Waals surface area contributed by atoms with Crippen LogP contribution in [0.25, 0.3) is 0 Å². The molecule has 0 radical (unpaired) electrons. The first-order chi connectivity index (χ1) is 13.8. The number of aliphatic hydroxyl groups excluding tert-OH is 1. The van der Waals surface area contributed by atoms with Gasteiger partial charge >= 0.3 is 5.97 Å². The maximum absolute atomic E-state index is 12.3. The van der Waals surface area contributed by atoms with E-state index in [0.717, 1.165) is 6.92 Å². The molecule has 170 valence electrons. The van der Waals surface area contributed by atoms with Crippen molar-refractivity contribution in [1.82, 2.24) is 16.0 Å². The van der Waals surface area contributed by atoms with E-state index in [1.165, 1.54) is 6.92 Å². The second kappa shape index (κ2) is 12.3. The van der Waals surface area contributed by atoms with E-state index >= 15 is 0 Å². The van der Waals surface area contributed by atoms with Crippen molar-refractivity contribution >= 4 is 35.5 Å². The summed E-state index contributed by atoms with van der Waals surface area (Å²) in [7, 11) is 0. The summed E-state index contributed by atoms with van der Waals surface area (Å²) in [6.07, 6.45) is -2.30. The molecule has 14 heteroatoms. The van der Waals surface area contributed by atoms with E-state index < -0.39 is 72.2 Å². The van der Waals surface area contributed by atoms with E-state index in [0.29, 0.717) is 0 Å². The van der Waals surface area contributed by atoms with Crippen LogP contribution in [0.4, 0.5) is 0 Å². The molecule has 14 nitrogen and oxygen atoms in total. The third kappa shape index (κ3) is 9.79. The molecule has 0 saturated carbocycles. The summed E-state index contributed by atoms with van der Waals surface area (Å²) < 4.78 is 0. The lowest BCUT2D eigenvalue weighted by Gasteiger charge is -2.24. The number of nitrogens with one attached hydrogen (secondary N) is 3. The van der Waals surface area contributed by atoms with E-state index in [9.17, 15) is 33.9 Å². The van der Waals surface area contributed by atoms with Gasteiger partial charge in [-0.3, -0.25) is 24.0 Å². The topological polar surface area (TPSA) is 257 Å². The Morgan fingerprint density at radius 2 is 1.43 bits per heavy atom. The number of carbonyl (C=O) groups is 6. The fourth-order valence-corrected chi connectivity index (χ4v) is 2.16. The molecule has 0 aliphatic carbocycles. The number of aliphatic carboxylic acids is 1. The minimum Gasteiger partial charge on any atom is -0.480 e. The summed E-state index contributed by atoms with van der Waals surface area (Å²) in [4.78, 5) is 69.5. The normalized spacial score (nSPS) is 15.6. The van der Waals surface area contributed by atoms with Crippen molar-refractivity contribution < 1.29 is 39.0 Å². The van der Waals surface area contributed by atoms with Gasteiger partial charge in [0.25, 0.3) is 0 Å². The van der Waals surface area contributed by atoms with Gasteiger partial charge in [0, 0.05) is 6.42 Å². The molecule has 0 aliphatic rings. The number of primary amides is 2. The second-order valence-corrected chi connectivity index (χ2v) is 6.64. The predicted octanol–water partition coefficient (Wildman–Crippen LogP) is -4.61. The van der Waals surface area contributed by atoms with Gasteiger partial charge < -0.3 is 43.4 Å². The number of carboxylic acids is 1. The Bertz CT molecular complexity index is 683. The Labute approximate surface area is 171 Å². The van der Waals surface area contributed by atoms with Crippen LogP contribution >= 0.6 is 0 Å². The zero-order valence-corrected chi connectivity index (χ0v) is 16.6. The molecule has 0 aromatic carbocycles. The maximum Gasteiger partial charge on any atom is 0.328 e. The number of nitrogens with two attached hydrogens (primary N) is 3. The average molecular weight is 432 g/mol. The molecule has 0 aromatic rings. The fourth-order valence-electron chi connectivity index (χ4n) is 2.16. The lowest BCUT2D eigenvalue weighted by Crippen LogP contribution is -2.58. The van der Waals surface area contributed by atoms with E-state index in [1.807, 2.05) is 5.32 Å². The van der Waals surface area contributed by atoms with Gasteiger partial charge in [-0.25, -0.2) is 4.79 Å². The van der Waals surface area contributed by atoms with Gasteiger partial charge in [-0.15, -0.1) is 0 Å². The lowest BCUT2D eigenvalue weighted by atomic mass is 10.1. The van der Waals surface area contributed by atoms with Crippen molar-refractivity contribution in [3.63, 3.8) is 0 Å². The van der Waals surface area contributed by atoms with E-state index in [1.54, 1.807) is 0 Å². The number of aliphatic hydroxyl groups is 1. The minimum atomic E-state index is -1.69. The van der Waals surface area contributed by atoms with Crippen LogP contribution in [0.15, 0.2) is 0 Å². The Kier molecular flexibility index (Phi) is 11.0. The molecule has 0 spiro atoms. The van der Waals surface area contributed by atoms with Crippen LogP contribution in [0, 0.1) is 0 Å². The molecule has 0 heterocycles. The molecular weight excluding hydrogens is 404 g/mol. The molecular formula is C16H28N6O8. The Hall–Kier alpha value is -3.26. The van der Waals surface area contributed by atoms with Crippen LogP contribution in [-0.4, -0.2) is 76.0 Å². The summed E-state index contributed by atoms with van der Waals surface area (Å²) in [6, 6.07) is -5.56. The zero-order valence-electron chi connectivity index (χ0n) is 16.6. The van der Waals surface area contributed by atoms with Crippen LogP contribution in [0.2, 0.25) is 0 Å². The molecule has 0 aromatic heterocycles. The van der Waals surface area contributed by atoms with E-state index in [-0.39, 0.29) is 12.8 Å². The van der Waals surface area contributed by atoms with Gasteiger partial charge in [0.05, 0.1) is 18.6 Å². The number of carboxylic acid groups (broad SMARTS) is 1. The molecule has 0 fully saturated rings. The third-order valence-electron chi connectivity index (χ3n) is 3.88. The highest BCUT2D eigenvalue weighted by molar-refractivity contribution is 5.96. The Morgan fingerprint density at radius 1 is 0.867 bits per heavy atom. The van der Waals surface area contributed by atoms with E-state index in [2.05, 4.69) is 10.6 Å². The molecule has 5 unspecified atom stereocenters. The fraction of sp³-hybridized carbons (Fsp3) is 0.625. The number of carbonyl (C=O) groups excluding carboxylic acids is 5. The van der Waals surface area contributed by atoms with Crippen molar-refractivity contribution in [2.24, 2.45) is 17.2 Å². The molecule has 0 saturated heterocycles. The van der Waals surface area contributed by atoms with Gasteiger partial charge in [-0.05, 0) is 20.3 Å². The van der Waals surface area contributed by atoms with Gasteiger partial charge in [-0.2, -0.15) is 0 Å². The number of rotatable bonds is 13. The molecule has 30 heavy (non-hydrogen) atoms. The first-order valence-electron chi connectivity index (χ1n) is 8.90. The summed E-state index contributed by atoms with van der Waals surface area (Å²) >= 11 is 0. The predicted molar refractivity (Wildman–Crippen MR) is 101 cm³/mol. The van der Waals surface area contributed by atoms with Crippen molar-refractivity contribution in [2.75, 3.05) is 0 Å². The minimum absolute atomic E-state index is 0.0435. The Balaban J connectivity index is 5.06. The van der Waals surface area contributed by atoms with Crippen LogP contribution in [0.3, 0.4) is 0 Å². The summed E-state index contributed by atoms with van der Waals surface area (Å²) in [6.45, 7) is 2.39. The van der Waals surface area contributed by atoms with Crippen molar-refractivity contribution in [1.29, 1.82) is 0 Å². The number of hydrogen-bond acceptors (Lipinski definition) is 8. The van der Waals surface area contributed by atoms with Crippen molar-refractivity contribution in [3.8, 4) is 0 Å². The summed E-state index contributed by atoms with van der Waals surface area (Å²) in [5.41, 5.74) is 15.6. The van der Waals surface area contributed by atoms with Crippen molar-refractivity contribution in [2.45, 2.75) is 63.4 Å². The van der Waals surface area contributed by atoms with Crippen LogP contribution in [0.1, 0.15) is 33.1 Å². The van der Waals surface area contributed by atoms with E-state index in [4.69, 9.17) is 22.3 Å². The van der Waals surface area contributed by atoms with Crippen LogP contribution < -0.4 is 33.2 Å². The SMILES string of the molecule is CC(NC(=O)C(N)CCC(N)=O)C(=O)NC(CC(N)=O)C(=O)NC(C(=O)O)C(C)O. The first kappa shape index (κ1) is 26.7. The molecule has 0 aliphatic heterocycles. The highest BCUT2D eigenvalue weighted by Gasteiger charge is 2.31. The van der Waals surface area contributed by atoms with Gasteiger partial charge in [0.15, 0.2) is 6.04 Å². The third-order valence-corrected chi connectivity index (χ3v) is 3.88. The molecule has 5 atom stereocenters. The highest BCUT2D eigenvalue weighted by atomic mass is 16.4. The highest BCUT2D eigenvalue weighted by Crippen LogP contribution is 2.00. The van der Waals surface area contributed by atoms with Gasteiger partial charge in [-0.1, -0.05) is 0 Å². The smallest absolute Gasteiger partial charge is 0.328 e. The molecule has 5 amide bonds. The number of hydrogen-bond donors (Lipinski definition) is 8. The first-order valence-corrected chi connectivity index (χ1v) is 8.90. The van der Waals surface area contributed by atoms with Crippen LogP contribution in [-0.2, 0) is 28.8 Å². The van der Waals surface area contributed by atoms with Crippen LogP contribution in [0.5, 0.6) is 0 Å². The summed E-state index contributed by atoms with van der Waals surface area (Å²) in [5, 5.41) is 24.9. The maximum atomic E-state index is 12.3. The largest absolute Gasteiger partial charge is 0.480 e. The number of amides is 5. The Morgan fingerprint density at radius 3 is 1.87 bits per heavy atom. The monoisotopic (exact) mass is 432 g/mol. The second-order valence-electron chi connectivity index (χ2n) is 6.64. The quantitative estimate of drug-likeness (QED) is 0.139. The standard InChI is InChI=1S/C16H28N6O8/c1-6(20-14(27)8(17)3-4-10(18)24)13(26)21-9(5-11(19)25)15(28)22-12(7(2)23)16(29)30/h6-9,12,23H,3-5,17H2,1-2H3,(H2,18,24)(H2,19,25)(H,20,27)(H,21,26)(H,22,28)(H,29,30). The molecule has 0 rings (SSSR count). The van der Waals surface area contributed by atoms with Crippen molar-refractivity contribution in [3.05, 3.63) is 0 Å².